The predicted molar refractivity (Wildman–Crippen MR) is 121 cm³/mol. The molecule has 1 aromatic rings. The number of hydrogen-bond acceptors (Lipinski definition) is 4. The molecule has 0 aliphatic carbocycles. The molecule has 1 aromatic carbocycles. The van der Waals surface area contributed by atoms with E-state index in [0.29, 0.717) is 19.0 Å². The molecule has 1 atom stereocenters. The van der Waals surface area contributed by atoms with Crippen molar-refractivity contribution in [3.63, 3.8) is 0 Å². The third-order valence-electron chi connectivity index (χ3n) is 4.25. The predicted octanol–water partition coefficient (Wildman–Crippen LogP) is 1.85. The number of carbonyl (C=O) groups excluding carboxylic acids is 1. The van der Waals surface area contributed by atoms with E-state index < -0.39 is 0 Å². The molecule has 27 heavy (non-hydrogen) atoms. The third kappa shape index (κ3) is 8.44. The minimum atomic E-state index is -0.0190. The molecular weight excluding hydrogens is 457 g/mol. The average Bonchev–Trinajstić information content (AvgIpc) is 3.08. The van der Waals surface area contributed by atoms with E-state index in [1.54, 1.807) is 7.05 Å². The van der Waals surface area contributed by atoms with E-state index in [1.807, 2.05) is 50.3 Å². The highest BCUT2D eigenvalue weighted by atomic mass is 127. The lowest BCUT2D eigenvalue weighted by molar-refractivity contribution is -0.116. The van der Waals surface area contributed by atoms with Crippen molar-refractivity contribution < 1.29 is 9.53 Å². The van der Waals surface area contributed by atoms with Crippen LogP contribution < -0.4 is 10.6 Å². The molecule has 1 fully saturated rings. The van der Waals surface area contributed by atoms with Crippen LogP contribution in [0.1, 0.15) is 12.0 Å². The molecule has 1 aliphatic heterocycles. The van der Waals surface area contributed by atoms with Gasteiger partial charge in [-0.3, -0.25) is 9.79 Å². The largest absolute Gasteiger partial charge is 0.381 e. The summed E-state index contributed by atoms with van der Waals surface area (Å²) in [6, 6.07) is 7.87. The van der Waals surface area contributed by atoms with Gasteiger partial charge in [-0.15, -0.1) is 24.0 Å². The van der Waals surface area contributed by atoms with Gasteiger partial charge in [0.1, 0.15) is 0 Å². The van der Waals surface area contributed by atoms with Gasteiger partial charge >= 0.3 is 0 Å². The molecule has 152 valence electrons. The van der Waals surface area contributed by atoms with Crippen LogP contribution in [0.4, 0.5) is 5.69 Å². The monoisotopic (exact) mass is 489 g/mol. The molecule has 1 saturated heterocycles. The van der Waals surface area contributed by atoms with Crippen molar-refractivity contribution >= 4 is 41.5 Å². The number of halogens is 1. The van der Waals surface area contributed by atoms with Gasteiger partial charge in [-0.05, 0) is 38.2 Å². The minimum absolute atomic E-state index is 0. The Morgan fingerprint density at radius 2 is 2.11 bits per heavy atom. The van der Waals surface area contributed by atoms with Crippen molar-refractivity contribution in [3.05, 3.63) is 29.8 Å². The van der Waals surface area contributed by atoms with E-state index in [4.69, 9.17) is 4.74 Å². The van der Waals surface area contributed by atoms with Crippen molar-refractivity contribution in [2.75, 3.05) is 59.8 Å². The van der Waals surface area contributed by atoms with E-state index >= 15 is 0 Å². The number of carbonyl (C=O) groups is 1. The summed E-state index contributed by atoms with van der Waals surface area (Å²) in [5, 5.41) is 6.31. The van der Waals surface area contributed by atoms with E-state index in [2.05, 4.69) is 20.5 Å². The van der Waals surface area contributed by atoms with Gasteiger partial charge in [0.05, 0.1) is 13.2 Å². The molecule has 2 rings (SSSR count). The summed E-state index contributed by atoms with van der Waals surface area (Å²) in [5.41, 5.74) is 1.90. The fourth-order valence-corrected chi connectivity index (χ4v) is 3.01. The summed E-state index contributed by atoms with van der Waals surface area (Å²) < 4.78 is 5.44. The Bertz CT molecular complexity index is 618. The summed E-state index contributed by atoms with van der Waals surface area (Å²) in [6.45, 7) is 3.63. The van der Waals surface area contributed by atoms with Gasteiger partial charge in [-0.25, -0.2) is 0 Å². The molecule has 1 unspecified atom stereocenters. The quantitative estimate of drug-likeness (QED) is 0.348. The standard InChI is InChI=1S/C19H31N5O2.HI/c1-20-19(24(4)12-16-8-9-26-14-16)21-11-15-6-5-7-17(10-15)22-18(25)13-23(2)3;/h5-7,10,16H,8-9,11-14H2,1-4H3,(H,20,21)(H,22,25);1H. The SMILES string of the molecule is CN=C(NCc1cccc(NC(=O)CN(C)C)c1)N(C)CC1CCOC1.I. The van der Waals surface area contributed by atoms with Gasteiger partial charge in [-0.2, -0.15) is 0 Å². The number of anilines is 1. The van der Waals surface area contributed by atoms with Gasteiger partial charge in [-0.1, -0.05) is 12.1 Å². The second-order valence-electron chi connectivity index (χ2n) is 7.00. The van der Waals surface area contributed by atoms with Crippen molar-refractivity contribution in [2.24, 2.45) is 10.9 Å². The first kappa shape index (κ1) is 23.6. The van der Waals surface area contributed by atoms with Crippen LogP contribution in [-0.2, 0) is 16.1 Å². The summed E-state index contributed by atoms with van der Waals surface area (Å²) in [4.78, 5) is 20.2. The lowest BCUT2D eigenvalue weighted by atomic mass is 10.1. The third-order valence-corrected chi connectivity index (χ3v) is 4.25. The molecule has 0 aromatic heterocycles. The summed E-state index contributed by atoms with van der Waals surface area (Å²) in [6.07, 6.45) is 1.11. The number of benzene rings is 1. The van der Waals surface area contributed by atoms with Crippen LogP contribution in [0.2, 0.25) is 0 Å². The van der Waals surface area contributed by atoms with Crippen LogP contribution in [0.3, 0.4) is 0 Å². The maximum atomic E-state index is 11.9. The second-order valence-corrected chi connectivity index (χ2v) is 7.00. The molecule has 0 bridgehead atoms. The number of hydrogen-bond donors (Lipinski definition) is 2. The number of rotatable bonds is 7. The first-order valence-electron chi connectivity index (χ1n) is 9.01. The Hall–Kier alpha value is -1.39. The van der Waals surface area contributed by atoms with Crippen LogP contribution in [0.5, 0.6) is 0 Å². The minimum Gasteiger partial charge on any atom is -0.381 e. The fourth-order valence-electron chi connectivity index (χ4n) is 3.01. The number of nitrogens with zero attached hydrogens (tertiary/aromatic N) is 3. The lowest BCUT2D eigenvalue weighted by Gasteiger charge is -2.24. The highest BCUT2D eigenvalue weighted by Gasteiger charge is 2.19. The highest BCUT2D eigenvalue weighted by Crippen LogP contribution is 2.14. The van der Waals surface area contributed by atoms with Crippen molar-refractivity contribution in [1.29, 1.82) is 0 Å². The Kier molecular flexibility index (Phi) is 10.6. The lowest BCUT2D eigenvalue weighted by Crippen LogP contribution is -2.41. The molecular formula is C19H32IN5O2. The molecule has 0 spiro atoms. The first-order valence-corrected chi connectivity index (χ1v) is 9.01. The van der Waals surface area contributed by atoms with Crippen molar-refractivity contribution in [3.8, 4) is 0 Å². The van der Waals surface area contributed by atoms with E-state index in [9.17, 15) is 4.79 Å². The molecule has 8 heteroatoms. The van der Waals surface area contributed by atoms with Gasteiger partial charge < -0.3 is 25.2 Å². The number of amides is 1. The molecule has 2 N–H and O–H groups in total. The van der Waals surface area contributed by atoms with Crippen LogP contribution in [0.25, 0.3) is 0 Å². The topological polar surface area (TPSA) is 69.2 Å². The molecule has 1 heterocycles. The average molecular weight is 489 g/mol. The van der Waals surface area contributed by atoms with Crippen LogP contribution >= 0.6 is 24.0 Å². The van der Waals surface area contributed by atoms with Gasteiger partial charge in [0.2, 0.25) is 5.91 Å². The number of guanidine groups is 1. The van der Waals surface area contributed by atoms with Crippen molar-refractivity contribution in [1.82, 2.24) is 15.1 Å². The Balaban J connectivity index is 0.00000364. The van der Waals surface area contributed by atoms with Crippen LogP contribution in [-0.4, -0.2) is 76.2 Å². The zero-order valence-electron chi connectivity index (χ0n) is 16.7. The summed E-state index contributed by atoms with van der Waals surface area (Å²) in [5.74, 6) is 1.40. The maximum Gasteiger partial charge on any atom is 0.238 e. The number of aliphatic imine (C=N–C) groups is 1. The van der Waals surface area contributed by atoms with Crippen LogP contribution in [0.15, 0.2) is 29.3 Å². The molecule has 7 nitrogen and oxygen atoms in total. The fraction of sp³-hybridized carbons (Fsp3) is 0.579. The first-order chi connectivity index (χ1) is 12.5. The second kappa shape index (κ2) is 12.1. The number of ether oxygens (including phenoxy) is 1. The molecule has 0 saturated carbocycles. The van der Waals surface area contributed by atoms with Crippen molar-refractivity contribution in [2.45, 2.75) is 13.0 Å². The zero-order chi connectivity index (χ0) is 18.9. The normalized spacial score (nSPS) is 16.8. The molecule has 1 amide bonds. The van der Waals surface area contributed by atoms with Gasteiger partial charge in [0.15, 0.2) is 5.96 Å². The zero-order valence-corrected chi connectivity index (χ0v) is 19.0. The Morgan fingerprint density at radius 1 is 1.33 bits per heavy atom. The number of likely N-dealkylation sites (N-methyl/N-ethyl adjacent to an activating group) is 1. The van der Waals surface area contributed by atoms with E-state index in [-0.39, 0.29) is 29.9 Å². The van der Waals surface area contributed by atoms with Gasteiger partial charge in [0.25, 0.3) is 0 Å². The maximum absolute atomic E-state index is 11.9. The summed E-state index contributed by atoms with van der Waals surface area (Å²) in [7, 11) is 7.59. The summed E-state index contributed by atoms with van der Waals surface area (Å²) >= 11 is 0. The number of nitrogens with one attached hydrogen (secondary N) is 2. The molecule has 1 aliphatic rings. The van der Waals surface area contributed by atoms with E-state index in [0.717, 1.165) is 43.4 Å². The Morgan fingerprint density at radius 3 is 2.74 bits per heavy atom. The van der Waals surface area contributed by atoms with E-state index in [1.165, 1.54) is 0 Å². The van der Waals surface area contributed by atoms with Gasteiger partial charge in [0, 0.05) is 45.4 Å². The smallest absolute Gasteiger partial charge is 0.238 e. The van der Waals surface area contributed by atoms with Crippen LogP contribution in [0, 0.1) is 5.92 Å². The highest BCUT2D eigenvalue weighted by molar-refractivity contribution is 14.0. The molecule has 0 radical (unpaired) electrons. The Labute approximate surface area is 179 Å².